The molecule has 0 bridgehead atoms. The van der Waals surface area contributed by atoms with E-state index in [2.05, 4.69) is 0 Å². The Kier molecular flexibility index (Phi) is 2.27. The number of benzene rings is 1. The monoisotopic (exact) mass is 138 g/mol. The number of hydrogen-bond donors (Lipinski definition) is 0. The van der Waals surface area contributed by atoms with Gasteiger partial charge in [-0.2, -0.15) is 0 Å². The quantitative estimate of drug-likeness (QED) is 0.571. The van der Waals surface area contributed by atoms with Crippen molar-refractivity contribution in [2.45, 2.75) is 0 Å². The third-order valence-electron chi connectivity index (χ3n) is 0.879. The number of rotatable bonds is 1. The summed E-state index contributed by atoms with van der Waals surface area (Å²) in [6, 6.07) is 9.74. The molecule has 0 spiro atoms. The summed E-state index contributed by atoms with van der Waals surface area (Å²) in [5.74, 6) is 0.938. The van der Waals surface area contributed by atoms with Crippen LogP contribution in [0, 0.1) is 0 Å². The van der Waals surface area contributed by atoms with Crippen molar-refractivity contribution in [3.05, 3.63) is 30.3 Å². The summed E-state index contributed by atoms with van der Waals surface area (Å²) in [6.45, 7) is 0. The van der Waals surface area contributed by atoms with Gasteiger partial charge in [-0.25, -0.2) is 0 Å². The zero-order valence-corrected chi connectivity index (χ0v) is 6.18. The first-order valence-corrected chi connectivity index (χ1v) is 3.09. The van der Waals surface area contributed by atoms with Gasteiger partial charge in [-0.15, -0.1) is 0 Å². The van der Waals surface area contributed by atoms with Gasteiger partial charge in [-0.05, 0) is 0 Å². The van der Waals surface area contributed by atoms with Gasteiger partial charge in [0.2, 0.25) is 0 Å². The fourth-order valence-corrected chi connectivity index (χ4v) is 0.744. The standard InChI is InChI=1S/C6H6O.Sc/c7-6-4-2-1-3-5-6;/h1-5,7H;/q;+1/p-1. The molecule has 0 aliphatic rings. The van der Waals surface area contributed by atoms with Crippen LogP contribution in [0.5, 0.6) is 5.75 Å². The summed E-state index contributed by atoms with van der Waals surface area (Å²) < 4.78 is 4.98. The molecule has 0 fully saturated rings. The van der Waals surface area contributed by atoms with Crippen molar-refractivity contribution in [2.75, 3.05) is 0 Å². The van der Waals surface area contributed by atoms with Gasteiger partial charge in [0.05, 0.1) is 0 Å². The van der Waals surface area contributed by atoms with Crippen LogP contribution in [0.1, 0.15) is 0 Å². The molecule has 0 aliphatic heterocycles. The van der Waals surface area contributed by atoms with Gasteiger partial charge in [0, 0.05) is 0 Å². The van der Waals surface area contributed by atoms with E-state index in [1.165, 1.54) is 24.8 Å². The SMILES string of the molecule is [Sc][O]c1ccccc1. The van der Waals surface area contributed by atoms with Crippen molar-refractivity contribution in [1.29, 1.82) is 0 Å². The summed E-state index contributed by atoms with van der Waals surface area (Å²) in [4.78, 5) is 0. The summed E-state index contributed by atoms with van der Waals surface area (Å²) in [5.41, 5.74) is 0. The second-order valence-electron chi connectivity index (χ2n) is 1.43. The molecule has 1 aromatic carbocycles. The van der Waals surface area contributed by atoms with E-state index in [1.807, 2.05) is 30.3 Å². The minimum atomic E-state index is 0.938. The van der Waals surface area contributed by atoms with Crippen LogP contribution in [0.15, 0.2) is 30.3 Å². The van der Waals surface area contributed by atoms with Crippen LogP contribution in [0.4, 0.5) is 0 Å². The van der Waals surface area contributed by atoms with Crippen LogP contribution in [0.3, 0.4) is 0 Å². The fourth-order valence-electron chi connectivity index (χ4n) is 0.499. The van der Waals surface area contributed by atoms with E-state index < -0.39 is 0 Å². The Bertz CT molecular complexity index is 150. The van der Waals surface area contributed by atoms with E-state index in [0.717, 1.165) is 5.75 Å². The Morgan fingerprint density at radius 1 is 1.12 bits per heavy atom. The molecule has 38 valence electrons. The van der Waals surface area contributed by atoms with Gasteiger partial charge in [-0.3, -0.25) is 0 Å². The Morgan fingerprint density at radius 2 is 1.75 bits per heavy atom. The maximum atomic E-state index is 4.98. The molecule has 2 heteroatoms. The van der Waals surface area contributed by atoms with E-state index in [-0.39, 0.29) is 0 Å². The van der Waals surface area contributed by atoms with Gasteiger partial charge >= 0.3 is 63.7 Å². The molecule has 0 unspecified atom stereocenters. The van der Waals surface area contributed by atoms with Crippen LogP contribution in [-0.2, 0) is 24.8 Å². The molecule has 0 saturated carbocycles. The number of para-hydroxylation sites is 1. The maximum absolute atomic E-state index is 4.98. The summed E-state index contributed by atoms with van der Waals surface area (Å²) >= 11 is 1.26. The molecular formula is C6H5OSc. The van der Waals surface area contributed by atoms with E-state index in [0.29, 0.717) is 0 Å². The third kappa shape index (κ3) is 1.44. The van der Waals surface area contributed by atoms with E-state index in [1.54, 1.807) is 0 Å². The molecule has 1 nitrogen and oxygen atoms in total. The Labute approximate surface area is 63.8 Å². The van der Waals surface area contributed by atoms with Crippen molar-refractivity contribution < 1.29 is 27.7 Å². The summed E-state index contributed by atoms with van der Waals surface area (Å²) in [6.07, 6.45) is 0. The molecule has 0 aliphatic carbocycles. The van der Waals surface area contributed by atoms with Crippen LogP contribution < -0.4 is 2.85 Å². The zero-order chi connectivity index (χ0) is 5.82. The van der Waals surface area contributed by atoms with Crippen molar-refractivity contribution in [1.82, 2.24) is 0 Å². The molecule has 0 N–H and O–H groups in total. The normalized spacial score (nSPS) is 8.38. The van der Waals surface area contributed by atoms with Crippen molar-refractivity contribution in [3.63, 3.8) is 0 Å². The first kappa shape index (κ1) is 6.02. The van der Waals surface area contributed by atoms with Gasteiger partial charge in [0.25, 0.3) is 0 Å². The molecule has 0 radical (unpaired) electrons. The number of hydrogen-bond acceptors (Lipinski definition) is 1. The van der Waals surface area contributed by atoms with Crippen LogP contribution >= 0.6 is 0 Å². The second-order valence-corrected chi connectivity index (χ2v) is 1.80. The molecule has 0 amide bonds. The van der Waals surface area contributed by atoms with Gasteiger partial charge in [0.1, 0.15) is 0 Å². The molecule has 8 heavy (non-hydrogen) atoms. The molecule has 0 aromatic heterocycles. The topological polar surface area (TPSA) is 9.23 Å². The minimum absolute atomic E-state index is 0.938. The van der Waals surface area contributed by atoms with Gasteiger partial charge in [-0.1, -0.05) is 0 Å². The predicted molar refractivity (Wildman–Crippen MR) is 27.1 cm³/mol. The molecule has 1 rings (SSSR count). The van der Waals surface area contributed by atoms with Crippen molar-refractivity contribution in [3.8, 4) is 5.75 Å². The first-order valence-electron chi connectivity index (χ1n) is 2.35. The molecule has 0 heterocycles. The fraction of sp³-hybridized carbons (Fsp3) is 0. The van der Waals surface area contributed by atoms with Crippen LogP contribution in [0.2, 0.25) is 0 Å². The molecule has 0 saturated heterocycles. The molecular weight excluding hydrogens is 133 g/mol. The van der Waals surface area contributed by atoms with E-state index >= 15 is 0 Å². The average molecular weight is 138 g/mol. The predicted octanol–water partition coefficient (Wildman–Crippen LogP) is 1.53. The Balaban J connectivity index is 2.83. The average Bonchev–Trinajstić information content (AvgIpc) is 1.90. The molecule has 0 atom stereocenters. The second kappa shape index (κ2) is 3.02. The Morgan fingerprint density at radius 3 is 2.12 bits per heavy atom. The Hall–Kier alpha value is -0.110. The van der Waals surface area contributed by atoms with Crippen molar-refractivity contribution >= 4 is 0 Å². The first-order chi connectivity index (χ1) is 3.93. The van der Waals surface area contributed by atoms with E-state index in [4.69, 9.17) is 2.85 Å². The van der Waals surface area contributed by atoms with Gasteiger partial charge < -0.3 is 0 Å². The van der Waals surface area contributed by atoms with Crippen molar-refractivity contribution in [2.24, 2.45) is 0 Å². The zero-order valence-electron chi connectivity index (χ0n) is 4.37. The van der Waals surface area contributed by atoms with Crippen LogP contribution in [0.25, 0.3) is 0 Å². The van der Waals surface area contributed by atoms with E-state index in [9.17, 15) is 0 Å². The summed E-state index contributed by atoms with van der Waals surface area (Å²) in [5, 5.41) is 0. The van der Waals surface area contributed by atoms with Gasteiger partial charge in [0.15, 0.2) is 0 Å². The van der Waals surface area contributed by atoms with Crippen LogP contribution in [-0.4, -0.2) is 0 Å². The molecule has 1 aromatic rings. The summed E-state index contributed by atoms with van der Waals surface area (Å²) in [7, 11) is 0. The third-order valence-corrected chi connectivity index (χ3v) is 1.30.